The average molecular weight is 166 g/mol. The molecule has 1 aromatic heterocycles. The summed E-state index contributed by atoms with van der Waals surface area (Å²) >= 11 is 0. The van der Waals surface area contributed by atoms with Crippen molar-refractivity contribution in [2.75, 3.05) is 0 Å². The Kier molecular flexibility index (Phi) is 2.65. The molecule has 3 nitrogen and oxygen atoms in total. The van der Waals surface area contributed by atoms with E-state index < -0.39 is 6.10 Å². The van der Waals surface area contributed by atoms with Gasteiger partial charge < -0.3 is 5.11 Å². The van der Waals surface area contributed by atoms with Crippen LogP contribution in [0.4, 0.5) is 0 Å². The maximum absolute atomic E-state index is 9.57. The molecule has 1 atom stereocenters. The van der Waals surface area contributed by atoms with E-state index in [0.717, 1.165) is 5.57 Å². The zero-order valence-electron chi connectivity index (χ0n) is 7.49. The maximum atomic E-state index is 9.57. The Hall–Kier alpha value is -1.09. The van der Waals surface area contributed by atoms with E-state index in [-0.39, 0.29) is 0 Å². The molecular formula is C9H14N2O. The van der Waals surface area contributed by atoms with Gasteiger partial charge in [0.25, 0.3) is 0 Å². The molecule has 0 saturated heterocycles. The summed E-state index contributed by atoms with van der Waals surface area (Å²) in [5.41, 5.74) is 1.67. The molecule has 1 N–H and O–H groups in total. The number of aromatic nitrogens is 2. The Morgan fingerprint density at radius 3 is 2.92 bits per heavy atom. The van der Waals surface area contributed by atoms with Crippen LogP contribution in [0.15, 0.2) is 24.4 Å². The van der Waals surface area contributed by atoms with Crippen LogP contribution in [0.1, 0.15) is 25.1 Å². The number of nitrogens with zero attached hydrogens (tertiary/aromatic N) is 2. The third-order valence-electron chi connectivity index (χ3n) is 1.62. The van der Waals surface area contributed by atoms with Crippen molar-refractivity contribution >= 4 is 0 Å². The minimum atomic E-state index is -0.510. The first kappa shape index (κ1) is 9.00. The van der Waals surface area contributed by atoms with E-state index in [4.69, 9.17) is 0 Å². The van der Waals surface area contributed by atoms with E-state index in [0.29, 0.717) is 12.1 Å². The zero-order chi connectivity index (χ0) is 9.14. The fourth-order valence-electron chi connectivity index (χ4n) is 1.05. The fourth-order valence-corrected chi connectivity index (χ4v) is 1.05. The molecule has 0 saturated carbocycles. The Labute approximate surface area is 72.3 Å². The summed E-state index contributed by atoms with van der Waals surface area (Å²) in [6, 6.07) is 1.81. The molecule has 1 unspecified atom stereocenters. The molecule has 66 valence electrons. The topological polar surface area (TPSA) is 38.0 Å². The van der Waals surface area contributed by atoms with Gasteiger partial charge in [-0.2, -0.15) is 5.10 Å². The van der Waals surface area contributed by atoms with E-state index in [1.54, 1.807) is 4.68 Å². The first-order chi connectivity index (χ1) is 5.59. The maximum Gasteiger partial charge on any atom is 0.101 e. The molecule has 0 aliphatic carbocycles. The van der Waals surface area contributed by atoms with Crippen molar-refractivity contribution in [1.29, 1.82) is 0 Å². The molecule has 0 bridgehead atoms. The predicted molar refractivity (Wildman–Crippen MR) is 47.6 cm³/mol. The van der Waals surface area contributed by atoms with Gasteiger partial charge in [0.15, 0.2) is 0 Å². The largest absolute Gasteiger partial charge is 0.386 e. The molecular weight excluding hydrogens is 152 g/mol. The summed E-state index contributed by atoms with van der Waals surface area (Å²) in [4.78, 5) is 0. The quantitative estimate of drug-likeness (QED) is 0.689. The van der Waals surface area contributed by atoms with Gasteiger partial charge in [0.1, 0.15) is 6.10 Å². The molecule has 12 heavy (non-hydrogen) atoms. The van der Waals surface area contributed by atoms with Gasteiger partial charge in [0.2, 0.25) is 0 Å². The zero-order valence-corrected chi connectivity index (χ0v) is 7.49. The molecule has 3 heteroatoms. The standard InChI is InChI=1S/C9H14N2O/c1-7(2)6-9(12)8-4-5-11(3)10-8/h4-5,9,12H,1,6H2,2-3H3. The van der Waals surface area contributed by atoms with Crippen molar-refractivity contribution in [3.8, 4) is 0 Å². The molecule has 0 aromatic carbocycles. The Bertz CT molecular complexity index is 278. The highest BCUT2D eigenvalue weighted by atomic mass is 16.3. The SMILES string of the molecule is C=C(C)CC(O)c1ccn(C)n1. The second-order valence-corrected chi connectivity index (χ2v) is 3.09. The average Bonchev–Trinajstić information content (AvgIpc) is 2.34. The Balaban J connectivity index is 2.64. The third kappa shape index (κ3) is 2.20. The molecule has 0 spiro atoms. The first-order valence-electron chi connectivity index (χ1n) is 3.91. The number of aliphatic hydroxyl groups is 1. The number of aryl methyl sites for hydroxylation is 1. The number of hydrogen-bond donors (Lipinski definition) is 1. The Morgan fingerprint density at radius 1 is 1.83 bits per heavy atom. The predicted octanol–water partition coefficient (Wildman–Crippen LogP) is 1.42. The van der Waals surface area contributed by atoms with Crippen LogP contribution in [0.3, 0.4) is 0 Å². The van der Waals surface area contributed by atoms with Gasteiger partial charge in [0.05, 0.1) is 5.69 Å². The number of hydrogen-bond acceptors (Lipinski definition) is 2. The van der Waals surface area contributed by atoms with Crippen LogP contribution in [0.25, 0.3) is 0 Å². The third-order valence-corrected chi connectivity index (χ3v) is 1.62. The van der Waals surface area contributed by atoms with Crippen molar-refractivity contribution in [3.63, 3.8) is 0 Å². The number of aliphatic hydroxyl groups excluding tert-OH is 1. The summed E-state index contributed by atoms with van der Waals surface area (Å²) in [5, 5.41) is 13.7. The molecule has 0 aliphatic rings. The van der Waals surface area contributed by atoms with E-state index in [9.17, 15) is 5.11 Å². The van der Waals surface area contributed by atoms with Crippen molar-refractivity contribution in [1.82, 2.24) is 9.78 Å². The lowest BCUT2D eigenvalue weighted by Gasteiger charge is -2.05. The van der Waals surface area contributed by atoms with E-state index in [1.165, 1.54) is 0 Å². The minimum Gasteiger partial charge on any atom is -0.386 e. The lowest BCUT2D eigenvalue weighted by Crippen LogP contribution is -2.00. The second kappa shape index (κ2) is 3.54. The van der Waals surface area contributed by atoms with Crippen LogP contribution in [0, 0.1) is 0 Å². The van der Waals surface area contributed by atoms with Gasteiger partial charge in [-0.3, -0.25) is 4.68 Å². The molecule has 1 heterocycles. The highest BCUT2D eigenvalue weighted by Gasteiger charge is 2.09. The van der Waals surface area contributed by atoms with Gasteiger partial charge in [-0.05, 0) is 19.4 Å². The molecule has 1 rings (SSSR count). The number of rotatable bonds is 3. The summed E-state index contributed by atoms with van der Waals surface area (Å²) in [6.07, 6.45) is 1.89. The van der Waals surface area contributed by atoms with E-state index >= 15 is 0 Å². The van der Waals surface area contributed by atoms with Crippen molar-refractivity contribution < 1.29 is 5.11 Å². The smallest absolute Gasteiger partial charge is 0.101 e. The van der Waals surface area contributed by atoms with Crippen LogP contribution in [0.2, 0.25) is 0 Å². The van der Waals surface area contributed by atoms with Crippen LogP contribution in [-0.2, 0) is 7.05 Å². The molecule has 0 amide bonds. The van der Waals surface area contributed by atoms with Crippen molar-refractivity contribution in [2.24, 2.45) is 7.05 Å². The van der Waals surface area contributed by atoms with Gasteiger partial charge in [-0.1, -0.05) is 5.57 Å². The summed E-state index contributed by atoms with van der Waals surface area (Å²) in [6.45, 7) is 5.63. The molecule has 1 aromatic rings. The van der Waals surface area contributed by atoms with Gasteiger partial charge in [-0.15, -0.1) is 6.58 Å². The van der Waals surface area contributed by atoms with Crippen molar-refractivity contribution in [3.05, 3.63) is 30.1 Å². The van der Waals surface area contributed by atoms with Crippen LogP contribution < -0.4 is 0 Å². The summed E-state index contributed by atoms with van der Waals surface area (Å²) in [7, 11) is 1.83. The van der Waals surface area contributed by atoms with E-state index in [1.807, 2.05) is 26.2 Å². The highest BCUT2D eigenvalue weighted by Crippen LogP contribution is 2.17. The molecule has 0 aliphatic heterocycles. The highest BCUT2D eigenvalue weighted by molar-refractivity contribution is 5.06. The van der Waals surface area contributed by atoms with Gasteiger partial charge in [0, 0.05) is 13.2 Å². The minimum absolute atomic E-state index is 0.510. The van der Waals surface area contributed by atoms with Crippen LogP contribution >= 0.6 is 0 Å². The Morgan fingerprint density at radius 2 is 2.50 bits per heavy atom. The van der Waals surface area contributed by atoms with Gasteiger partial charge in [-0.25, -0.2) is 0 Å². The normalized spacial score (nSPS) is 12.9. The van der Waals surface area contributed by atoms with Crippen molar-refractivity contribution in [2.45, 2.75) is 19.4 Å². The van der Waals surface area contributed by atoms with Crippen LogP contribution in [-0.4, -0.2) is 14.9 Å². The summed E-state index contributed by atoms with van der Waals surface area (Å²) < 4.78 is 1.68. The lowest BCUT2D eigenvalue weighted by atomic mass is 10.1. The van der Waals surface area contributed by atoms with E-state index in [2.05, 4.69) is 11.7 Å². The fraction of sp³-hybridized carbons (Fsp3) is 0.444. The molecule has 0 fully saturated rings. The first-order valence-corrected chi connectivity index (χ1v) is 3.91. The second-order valence-electron chi connectivity index (χ2n) is 3.09. The lowest BCUT2D eigenvalue weighted by molar-refractivity contribution is 0.173. The molecule has 0 radical (unpaired) electrons. The van der Waals surface area contributed by atoms with Gasteiger partial charge >= 0.3 is 0 Å². The summed E-state index contributed by atoms with van der Waals surface area (Å²) in [5.74, 6) is 0. The van der Waals surface area contributed by atoms with Crippen LogP contribution in [0.5, 0.6) is 0 Å². The monoisotopic (exact) mass is 166 g/mol.